The van der Waals surface area contributed by atoms with Crippen molar-refractivity contribution in [3.8, 4) is 0 Å². The molecule has 0 amide bonds. The minimum absolute atomic E-state index is 0.0387. The quantitative estimate of drug-likeness (QED) is 0.717. The molecule has 0 aliphatic rings. The first kappa shape index (κ1) is 15.4. The van der Waals surface area contributed by atoms with Crippen molar-refractivity contribution in [2.75, 3.05) is 0 Å². The second kappa shape index (κ2) is 6.63. The van der Waals surface area contributed by atoms with Gasteiger partial charge >= 0.3 is 0 Å². The lowest BCUT2D eigenvalue weighted by molar-refractivity contribution is 0.0990. The lowest BCUT2D eigenvalue weighted by Crippen LogP contribution is -2.10. The van der Waals surface area contributed by atoms with E-state index in [2.05, 4.69) is 48.9 Å². The van der Waals surface area contributed by atoms with E-state index >= 15 is 0 Å². The zero-order valence-electron chi connectivity index (χ0n) is 11.4. The van der Waals surface area contributed by atoms with E-state index in [0.29, 0.717) is 12.0 Å². The molecule has 0 N–H and O–H groups in total. The summed E-state index contributed by atoms with van der Waals surface area (Å²) >= 11 is 6.89. The summed E-state index contributed by atoms with van der Waals surface area (Å²) in [5.41, 5.74) is 2.52. The van der Waals surface area contributed by atoms with Gasteiger partial charge in [-0.1, -0.05) is 6.92 Å². The van der Waals surface area contributed by atoms with E-state index in [1.54, 1.807) is 18.5 Å². The van der Waals surface area contributed by atoms with Crippen LogP contribution in [0.5, 0.6) is 0 Å². The molecule has 0 unspecified atom stereocenters. The molecule has 2 aromatic rings. The van der Waals surface area contributed by atoms with Gasteiger partial charge in [0.2, 0.25) is 0 Å². The highest BCUT2D eigenvalue weighted by molar-refractivity contribution is 9.10. The number of aromatic nitrogens is 3. The van der Waals surface area contributed by atoms with Gasteiger partial charge in [-0.05, 0) is 51.3 Å². The molecular formula is C14H15Br2N3O. The molecular weight excluding hydrogens is 386 g/mol. The Kier molecular flexibility index (Phi) is 5.10. The second-order valence-corrected chi connectivity index (χ2v) is 6.08. The number of ketones is 1. The fourth-order valence-corrected chi connectivity index (χ4v) is 3.07. The molecule has 4 nitrogen and oxygen atoms in total. The molecule has 0 spiro atoms. The van der Waals surface area contributed by atoms with Crippen molar-refractivity contribution in [1.82, 2.24) is 14.8 Å². The molecule has 0 saturated carbocycles. The van der Waals surface area contributed by atoms with Crippen molar-refractivity contribution in [1.29, 1.82) is 0 Å². The van der Waals surface area contributed by atoms with Crippen LogP contribution in [0.25, 0.3) is 0 Å². The van der Waals surface area contributed by atoms with Gasteiger partial charge in [0, 0.05) is 29.0 Å². The van der Waals surface area contributed by atoms with Crippen LogP contribution in [0.3, 0.4) is 0 Å². The monoisotopic (exact) mass is 399 g/mol. The van der Waals surface area contributed by atoms with Crippen LogP contribution in [-0.2, 0) is 19.4 Å². The third kappa shape index (κ3) is 3.17. The summed E-state index contributed by atoms with van der Waals surface area (Å²) in [5.74, 6) is 0.0387. The van der Waals surface area contributed by atoms with Gasteiger partial charge in [-0.3, -0.25) is 14.5 Å². The standard InChI is InChI=1S/C14H15Br2N3O/c1-3-11-14(16)12(19(4-2)18-11)6-13(20)9-5-10(15)8-17-7-9/h5,7-8H,3-4,6H2,1-2H3. The Balaban J connectivity index is 2.30. The first-order valence-electron chi connectivity index (χ1n) is 6.44. The second-order valence-electron chi connectivity index (χ2n) is 4.37. The minimum atomic E-state index is 0.0387. The van der Waals surface area contributed by atoms with Gasteiger partial charge in [-0.15, -0.1) is 0 Å². The van der Waals surface area contributed by atoms with E-state index in [9.17, 15) is 4.79 Å². The highest BCUT2D eigenvalue weighted by Gasteiger charge is 2.18. The van der Waals surface area contributed by atoms with Crippen molar-refractivity contribution in [2.45, 2.75) is 33.2 Å². The molecule has 0 saturated heterocycles. The molecule has 0 aliphatic heterocycles. The Hall–Kier alpha value is -1.01. The maximum Gasteiger partial charge on any atom is 0.170 e. The molecule has 20 heavy (non-hydrogen) atoms. The largest absolute Gasteiger partial charge is 0.294 e. The van der Waals surface area contributed by atoms with E-state index in [1.807, 2.05) is 11.6 Å². The topological polar surface area (TPSA) is 47.8 Å². The van der Waals surface area contributed by atoms with E-state index in [-0.39, 0.29) is 5.78 Å². The predicted octanol–water partition coefficient (Wildman–Crippen LogP) is 3.81. The number of aryl methyl sites for hydroxylation is 2. The van der Waals surface area contributed by atoms with Crippen LogP contribution in [0, 0.1) is 0 Å². The molecule has 2 heterocycles. The smallest absolute Gasteiger partial charge is 0.170 e. The first-order valence-corrected chi connectivity index (χ1v) is 8.03. The molecule has 0 atom stereocenters. The average Bonchev–Trinajstić information content (AvgIpc) is 2.75. The molecule has 0 bridgehead atoms. The van der Waals surface area contributed by atoms with Gasteiger partial charge in [0.25, 0.3) is 0 Å². The summed E-state index contributed by atoms with van der Waals surface area (Å²) in [5, 5.41) is 4.50. The third-order valence-electron chi connectivity index (χ3n) is 3.05. The van der Waals surface area contributed by atoms with Gasteiger partial charge in [0.1, 0.15) is 0 Å². The predicted molar refractivity (Wildman–Crippen MR) is 85.0 cm³/mol. The lowest BCUT2D eigenvalue weighted by Gasteiger charge is -2.05. The van der Waals surface area contributed by atoms with E-state index < -0.39 is 0 Å². The first-order chi connectivity index (χ1) is 9.56. The molecule has 0 fully saturated rings. The summed E-state index contributed by atoms with van der Waals surface area (Å²) in [6, 6.07) is 1.79. The van der Waals surface area contributed by atoms with Crippen molar-refractivity contribution in [3.05, 3.63) is 44.4 Å². The van der Waals surface area contributed by atoms with Crippen LogP contribution in [0.1, 0.15) is 35.6 Å². The summed E-state index contributed by atoms with van der Waals surface area (Å²) < 4.78 is 3.63. The maximum atomic E-state index is 12.4. The fraction of sp³-hybridized carbons (Fsp3) is 0.357. The Morgan fingerprint density at radius 2 is 2.05 bits per heavy atom. The SMILES string of the molecule is CCc1nn(CC)c(CC(=O)c2cncc(Br)c2)c1Br. The Bertz CT molecular complexity index is 637. The Labute approximate surface area is 134 Å². The normalized spacial score (nSPS) is 10.8. The number of pyridine rings is 1. The van der Waals surface area contributed by atoms with Crippen molar-refractivity contribution in [2.24, 2.45) is 0 Å². The summed E-state index contributed by atoms with van der Waals surface area (Å²) in [6.07, 6.45) is 4.42. The van der Waals surface area contributed by atoms with Crippen molar-refractivity contribution in [3.63, 3.8) is 0 Å². The molecule has 2 aromatic heterocycles. The zero-order valence-corrected chi connectivity index (χ0v) is 14.5. The van der Waals surface area contributed by atoms with Crippen molar-refractivity contribution >= 4 is 37.6 Å². The number of rotatable bonds is 5. The van der Waals surface area contributed by atoms with Crippen LogP contribution < -0.4 is 0 Å². The Morgan fingerprint density at radius 3 is 2.65 bits per heavy atom. The Morgan fingerprint density at radius 1 is 1.30 bits per heavy atom. The number of hydrogen-bond donors (Lipinski definition) is 0. The highest BCUT2D eigenvalue weighted by atomic mass is 79.9. The van der Waals surface area contributed by atoms with Crippen LogP contribution in [0.4, 0.5) is 0 Å². The van der Waals surface area contributed by atoms with Crippen LogP contribution in [0.2, 0.25) is 0 Å². The fourth-order valence-electron chi connectivity index (χ4n) is 2.00. The van der Waals surface area contributed by atoms with E-state index in [1.165, 1.54) is 0 Å². The maximum absolute atomic E-state index is 12.4. The third-order valence-corrected chi connectivity index (χ3v) is 4.40. The molecule has 2 rings (SSSR count). The van der Waals surface area contributed by atoms with E-state index in [4.69, 9.17) is 0 Å². The molecule has 0 aromatic carbocycles. The number of halogens is 2. The zero-order chi connectivity index (χ0) is 14.7. The summed E-state index contributed by atoms with van der Waals surface area (Å²) in [6.45, 7) is 4.82. The van der Waals surface area contributed by atoms with Gasteiger partial charge in [-0.25, -0.2) is 0 Å². The number of carbonyl (C=O) groups is 1. The van der Waals surface area contributed by atoms with Gasteiger partial charge in [-0.2, -0.15) is 5.10 Å². The molecule has 0 aliphatic carbocycles. The summed E-state index contributed by atoms with van der Waals surface area (Å²) in [7, 11) is 0. The number of Topliss-reactive ketones (excluding diaryl/α,β-unsaturated/α-hetero) is 1. The van der Waals surface area contributed by atoms with E-state index in [0.717, 1.165) is 33.3 Å². The van der Waals surface area contributed by atoms with Gasteiger partial charge < -0.3 is 0 Å². The van der Waals surface area contributed by atoms with Crippen LogP contribution in [-0.4, -0.2) is 20.5 Å². The minimum Gasteiger partial charge on any atom is -0.294 e. The van der Waals surface area contributed by atoms with Crippen LogP contribution >= 0.6 is 31.9 Å². The number of nitrogens with zero attached hydrogens (tertiary/aromatic N) is 3. The highest BCUT2D eigenvalue weighted by Crippen LogP contribution is 2.24. The number of hydrogen-bond acceptors (Lipinski definition) is 3. The summed E-state index contributed by atoms with van der Waals surface area (Å²) in [4.78, 5) is 16.4. The van der Waals surface area contributed by atoms with Gasteiger partial charge in [0.15, 0.2) is 5.78 Å². The average molecular weight is 401 g/mol. The van der Waals surface area contributed by atoms with Crippen molar-refractivity contribution < 1.29 is 4.79 Å². The van der Waals surface area contributed by atoms with Gasteiger partial charge in [0.05, 0.1) is 22.3 Å². The molecule has 106 valence electrons. The number of carbonyl (C=O) groups excluding carboxylic acids is 1. The van der Waals surface area contributed by atoms with Crippen LogP contribution in [0.15, 0.2) is 27.4 Å². The molecule has 0 radical (unpaired) electrons. The lowest BCUT2D eigenvalue weighted by atomic mass is 10.1. The molecule has 6 heteroatoms.